The quantitative estimate of drug-likeness (QED) is 0.484. The molecular weight excluding hydrogens is 341 g/mol. The summed E-state index contributed by atoms with van der Waals surface area (Å²) in [4.78, 5) is 32.1. The van der Waals surface area contributed by atoms with Gasteiger partial charge in [0.25, 0.3) is 11.4 Å². The summed E-state index contributed by atoms with van der Waals surface area (Å²) in [5, 5.41) is 24.0. The Morgan fingerprint density at radius 2 is 1.83 bits per heavy atom. The molecule has 0 saturated carbocycles. The van der Waals surface area contributed by atoms with Crippen LogP contribution in [-0.4, -0.2) is 21.5 Å². The summed E-state index contributed by atoms with van der Waals surface area (Å²) in [6, 6.07) is 8.74. The van der Waals surface area contributed by atoms with Gasteiger partial charge in [-0.1, -0.05) is 12.1 Å². The van der Waals surface area contributed by atoms with Crippen LogP contribution in [0.4, 0.5) is 21.5 Å². The Hall–Kier alpha value is -3.01. The summed E-state index contributed by atoms with van der Waals surface area (Å²) >= 11 is 0.830. The molecule has 2 aromatic carbocycles. The van der Waals surface area contributed by atoms with Crippen LogP contribution in [0.1, 0.15) is 0 Å². The summed E-state index contributed by atoms with van der Waals surface area (Å²) in [7, 11) is 0. The van der Waals surface area contributed by atoms with Crippen LogP contribution in [0.5, 0.6) is 0 Å². The van der Waals surface area contributed by atoms with Crippen molar-refractivity contribution in [1.82, 2.24) is 0 Å². The number of thioether (sulfide) groups is 1. The maximum atomic E-state index is 13.4. The zero-order valence-corrected chi connectivity index (χ0v) is 12.8. The van der Waals surface area contributed by atoms with Crippen LogP contribution in [0.15, 0.2) is 47.4 Å². The minimum Gasteiger partial charge on any atom is -0.323 e. The first-order chi connectivity index (χ1) is 11.4. The van der Waals surface area contributed by atoms with Crippen molar-refractivity contribution in [3.63, 3.8) is 0 Å². The van der Waals surface area contributed by atoms with Crippen LogP contribution < -0.4 is 5.32 Å². The number of nitrogens with zero attached hydrogens (tertiary/aromatic N) is 2. The Kier molecular flexibility index (Phi) is 5.42. The zero-order chi connectivity index (χ0) is 17.7. The maximum absolute atomic E-state index is 13.4. The number of carbonyl (C=O) groups is 1. The third-order valence-electron chi connectivity index (χ3n) is 2.86. The van der Waals surface area contributed by atoms with E-state index in [1.165, 1.54) is 24.3 Å². The Morgan fingerprint density at radius 3 is 2.46 bits per heavy atom. The lowest BCUT2D eigenvalue weighted by Gasteiger charge is -2.06. The highest BCUT2D eigenvalue weighted by molar-refractivity contribution is 8.00. The molecular formula is C14H10FN3O5S. The number of benzene rings is 2. The smallest absolute Gasteiger partial charge is 0.289 e. The van der Waals surface area contributed by atoms with E-state index in [4.69, 9.17) is 0 Å². The van der Waals surface area contributed by atoms with Crippen molar-refractivity contribution in [3.8, 4) is 0 Å². The van der Waals surface area contributed by atoms with E-state index in [0.29, 0.717) is 0 Å². The fourth-order valence-electron chi connectivity index (χ4n) is 1.78. The van der Waals surface area contributed by atoms with E-state index in [0.717, 1.165) is 23.9 Å². The van der Waals surface area contributed by atoms with E-state index in [9.17, 15) is 29.4 Å². The number of rotatable bonds is 6. The van der Waals surface area contributed by atoms with Gasteiger partial charge >= 0.3 is 0 Å². The molecule has 2 rings (SSSR count). The Bertz CT molecular complexity index is 815. The van der Waals surface area contributed by atoms with Crippen molar-refractivity contribution in [2.45, 2.75) is 4.90 Å². The van der Waals surface area contributed by atoms with Gasteiger partial charge < -0.3 is 5.32 Å². The van der Waals surface area contributed by atoms with E-state index in [1.807, 2.05) is 0 Å². The molecule has 0 heterocycles. The lowest BCUT2D eigenvalue weighted by atomic mass is 10.3. The van der Waals surface area contributed by atoms with Gasteiger partial charge in [0.1, 0.15) is 5.82 Å². The average molecular weight is 351 g/mol. The first-order valence-electron chi connectivity index (χ1n) is 6.48. The number of hydrogen-bond donors (Lipinski definition) is 1. The van der Waals surface area contributed by atoms with Gasteiger partial charge in [-0.3, -0.25) is 25.0 Å². The Labute approximate surface area is 139 Å². The molecule has 10 heteroatoms. The molecule has 0 atom stereocenters. The summed E-state index contributed by atoms with van der Waals surface area (Å²) in [6.45, 7) is 0. The molecule has 0 aliphatic heterocycles. The topological polar surface area (TPSA) is 115 Å². The standard InChI is InChI=1S/C14H10FN3O5S/c15-10-3-1-2-4-11(10)16-14(19)8-24-13-6-5-9(17(20)21)7-12(13)18(22)23/h1-7H,8H2,(H,16,19). The molecule has 1 amide bonds. The number of halogens is 1. The predicted octanol–water partition coefficient (Wildman–Crippen LogP) is 3.37. The highest BCUT2D eigenvalue weighted by atomic mass is 32.2. The van der Waals surface area contributed by atoms with E-state index in [2.05, 4.69) is 5.32 Å². The minimum absolute atomic E-state index is 0.00120. The van der Waals surface area contributed by atoms with E-state index in [-0.39, 0.29) is 16.3 Å². The van der Waals surface area contributed by atoms with Crippen molar-refractivity contribution >= 4 is 34.7 Å². The molecule has 0 saturated heterocycles. The van der Waals surface area contributed by atoms with Crippen molar-refractivity contribution < 1.29 is 19.0 Å². The number of nitro benzene ring substituents is 2. The highest BCUT2D eigenvalue weighted by Gasteiger charge is 2.20. The number of anilines is 1. The number of amides is 1. The zero-order valence-electron chi connectivity index (χ0n) is 12.0. The first-order valence-corrected chi connectivity index (χ1v) is 7.47. The van der Waals surface area contributed by atoms with Gasteiger partial charge in [-0.25, -0.2) is 4.39 Å². The number of carbonyl (C=O) groups excluding carboxylic acids is 1. The van der Waals surface area contributed by atoms with Gasteiger partial charge in [0.05, 0.1) is 32.2 Å². The molecule has 0 spiro atoms. The third kappa shape index (κ3) is 4.26. The second-order valence-corrected chi connectivity index (χ2v) is 5.50. The van der Waals surface area contributed by atoms with Crippen LogP contribution >= 0.6 is 11.8 Å². The van der Waals surface area contributed by atoms with Gasteiger partial charge in [-0.2, -0.15) is 0 Å². The SMILES string of the molecule is O=C(CSc1ccc([N+](=O)[O-])cc1[N+](=O)[O-])Nc1ccccc1F. The lowest BCUT2D eigenvalue weighted by molar-refractivity contribution is -0.396. The molecule has 0 aliphatic rings. The Morgan fingerprint density at radius 1 is 1.12 bits per heavy atom. The van der Waals surface area contributed by atoms with Gasteiger partial charge in [0.15, 0.2) is 0 Å². The van der Waals surface area contributed by atoms with Crippen molar-refractivity contribution in [3.05, 3.63) is 68.5 Å². The normalized spacial score (nSPS) is 10.2. The second-order valence-electron chi connectivity index (χ2n) is 4.48. The monoisotopic (exact) mass is 351 g/mol. The number of hydrogen-bond acceptors (Lipinski definition) is 6. The lowest BCUT2D eigenvalue weighted by Crippen LogP contribution is -2.15. The van der Waals surface area contributed by atoms with Crippen LogP contribution in [-0.2, 0) is 4.79 Å². The van der Waals surface area contributed by atoms with Crippen LogP contribution in [0.25, 0.3) is 0 Å². The molecule has 124 valence electrons. The fourth-order valence-corrected chi connectivity index (χ4v) is 2.58. The molecule has 0 bridgehead atoms. The van der Waals surface area contributed by atoms with E-state index >= 15 is 0 Å². The maximum Gasteiger partial charge on any atom is 0.289 e. The summed E-state index contributed by atoms with van der Waals surface area (Å²) in [5.74, 6) is -1.37. The van der Waals surface area contributed by atoms with E-state index < -0.39 is 32.9 Å². The number of nitro groups is 2. The molecule has 0 unspecified atom stereocenters. The number of non-ortho nitro benzene ring substituents is 1. The average Bonchev–Trinajstić information content (AvgIpc) is 2.54. The molecule has 0 aromatic heterocycles. The second kappa shape index (κ2) is 7.51. The number of nitrogens with one attached hydrogen (secondary N) is 1. The van der Waals surface area contributed by atoms with Gasteiger partial charge in [0.2, 0.25) is 5.91 Å². The third-order valence-corrected chi connectivity index (χ3v) is 3.92. The van der Waals surface area contributed by atoms with Crippen molar-refractivity contribution in [2.24, 2.45) is 0 Å². The van der Waals surface area contributed by atoms with Crippen LogP contribution in [0, 0.1) is 26.0 Å². The van der Waals surface area contributed by atoms with Gasteiger partial charge in [-0.05, 0) is 18.2 Å². The van der Waals surface area contributed by atoms with E-state index in [1.54, 1.807) is 6.07 Å². The fraction of sp³-hybridized carbons (Fsp3) is 0.0714. The largest absolute Gasteiger partial charge is 0.323 e. The molecule has 0 radical (unpaired) electrons. The Balaban J connectivity index is 2.08. The molecule has 1 N–H and O–H groups in total. The van der Waals surface area contributed by atoms with Crippen molar-refractivity contribution in [1.29, 1.82) is 0 Å². The summed E-state index contributed by atoms with van der Waals surface area (Å²) in [6.07, 6.45) is 0. The van der Waals surface area contributed by atoms with Gasteiger partial charge in [0, 0.05) is 6.07 Å². The molecule has 24 heavy (non-hydrogen) atoms. The predicted molar refractivity (Wildman–Crippen MR) is 85.5 cm³/mol. The van der Waals surface area contributed by atoms with Crippen LogP contribution in [0.2, 0.25) is 0 Å². The van der Waals surface area contributed by atoms with Crippen molar-refractivity contribution in [2.75, 3.05) is 11.1 Å². The number of para-hydroxylation sites is 1. The molecule has 8 nitrogen and oxygen atoms in total. The molecule has 0 aliphatic carbocycles. The highest BCUT2D eigenvalue weighted by Crippen LogP contribution is 2.32. The molecule has 2 aromatic rings. The summed E-state index contributed by atoms with van der Waals surface area (Å²) < 4.78 is 13.4. The minimum atomic E-state index is -0.760. The van der Waals surface area contributed by atoms with Gasteiger partial charge in [-0.15, -0.1) is 11.8 Å². The molecule has 0 fully saturated rings. The summed E-state index contributed by atoms with van der Waals surface area (Å²) in [5.41, 5.74) is -0.879. The first kappa shape index (κ1) is 17.3. The van der Waals surface area contributed by atoms with Crippen LogP contribution in [0.3, 0.4) is 0 Å².